The zero-order chi connectivity index (χ0) is 20.8. The second-order valence-corrected chi connectivity index (χ2v) is 6.13. The van der Waals surface area contributed by atoms with E-state index in [0.717, 1.165) is 6.07 Å². The molecule has 0 atom stereocenters. The third-order valence-electron chi connectivity index (χ3n) is 3.65. The number of ether oxygens (including phenoxy) is 1. The van der Waals surface area contributed by atoms with Gasteiger partial charge in [0.2, 0.25) is 0 Å². The van der Waals surface area contributed by atoms with Crippen molar-refractivity contribution in [3.05, 3.63) is 75.5 Å². The SMILES string of the molecule is O=C(COc1ccc(Cl)cc1)N/N=C\c1ccc(-c2ccc([N+](=O)[O-])cc2O)o1. The highest BCUT2D eigenvalue weighted by Gasteiger charge is 2.14. The van der Waals surface area contributed by atoms with Gasteiger partial charge in [0.05, 0.1) is 22.8 Å². The first-order valence-corrected chi connectivity index (χ1v) is 8.58. The van der Waals surface area contributed by atoms with E-state index in [9.17, 15) is 20.0 Å². The first kappa shape index (κ1) is 19.9. The van der Waals surface area contributed by atoms with E-state index in [0.29, 0.717) is 16.5 Å². The molecule has 1 aromatic heterocycles. The number of rotatable bonds is 7. The Morgan fingerprint density at radius 2 is 2.00 bits per heavy atom. The molecule has 0 fully saturated rings. The molecule has 0 saturated carbocycles. The van der Waals surface area contributed by atoms with Crippen LogP contribution in [-0.4, -0.2) is 28.8 Å². The van der Waals surface area contributed by atoms with Gasteiger partial charge in [0.1, 0.15) is 23.0 Å². The van der Waals surface area contributed by atoms with Crippen molar-refractivity contribution >= 4 is 29.4 Å². The normalized spacial score (nSPS) is 10.8. The minimum atomic E-state index is -0.608. The molecule has 2 N–H and O–H groups in total. The quantitative estimate of drug-likeness (QED) is 0.343. The average Bonchev–Trinajstić information content (AvgIpc) is 3.16. The number of nitrogens with one attached hydrogen (secondary N) is 1. The highest BCUT2D eigenvalue weighted by molar-refractivity contribution is 6.30. The summed E-state index contributed by atoms with van der Waals surface area (Å²) < 4.78 is 10.8. The summed E-state index contributed by atoms with van der Waals surface area (Å²) in [7, 11) is 0. The molecule has 0 saturated heterocycles. The largest absolute Gasteiger partial charge is 0.507 e. The van der Waals surface area contributed by atoms with E-state index in [1.807, 2.05) is 0 Å². The number of phenolic OH excluding ortho intramolecular Hbond substituents is 1. The van der Waals surface area contributed by atoms with Gasteiger partial charge in [-0.15, -0.1) is 0 Å². The number of hydrogen-bond acceptors (Lipinski definition) is 7. The van der Waals surface area contributed by atoms with E-state index in [2.05, 4.69) is 10.5 Å². The topological polar surface area (TPSA) is 127 Å². The number of hydrazone groups is 1. The number of furan rings is 1. The number of aromatic hydroxyl groups is 1. The molecule has 29 heavy (non-hydrogen) atoms. The van der Waals surface area contributed by atoms with Gasteiger partial charge in [-0.2, -0.15) is 5.10 Å². The van der Waals surface area contributed by atoms with Crippen LogP contribution in [0.1, 0.15) is 5.76 Å². The Morgan fingerprint density at radius 3 is 2.69 bits per heavy atom. The number of carbonyl (C=O) groups excluding carboxylic acids is 1. The Balaban J connectivity index is 1.55. The fraction of sp³-hybridized carbons (Fsp3) is 0.0526. The Hall–Kier alpha value is -3.85. The maximum atomic E-state index is 11.7. The van der Waals surface area contributed by atoms with Gasteiger partial charge in [-0.25, -0.2) is 5.43 Å². The number of halogens is 1. The molecule has 0 aliphatic carbocycles. The van der Waals surface area contributed by atoms with Crippen molar-refractivity contribution in [1.82, 2.24) is 5.43 Å². The van der Waals surface area contributed by atoms with Crippen LogP contribution in [-0.2, 0) is 4.79 Å². The van der Waals surface area contributed by atoms with Gasteiger partial charge in [-0.1, -0.05) is 11.6 Å². The molecule has 3 rings (SSSR count). The number of benzene rings is 2. The number of nitro groups is 1. The summed E-state index contributed by atoms with van der Waals surface area (Å²) in [5.41, 5.74) is 2.34. The third kappa shape index (κ3) is 5.33. The molecule has 1 heterocycles. The second-order valence-electron chi connectivity index (χ2n) is 5.70. The fourth-order valence-corrected chi connectivity index (χ4v) is 2.41. The maximum Gasteiger partial charge on any atom is 0.277 e. The lowest BCUT2D eigenvalue weighted by atomic mass is 10.1. The van der Waals surface area contributed by atoms with Crippen LogP contribution < -0.4 is 10.2 Å². The van der Waals surface area contributed by atoms with E-state index >= 15 is 0 Å². The fourth-order valence-electron chi connectivity index (χ4n) is 2.29. The van der Waals surface area contributed by atoms with E-state index < -0.39 is 10.8 Å². The Bertz CT molecular complexity index is 1060. The van der Waals surface area contributed by atoms with Crippen molar-refractivity contribution in [3.63, 3.8) is 0 Å². The van der Waals surface area contributed by atoms with Crippen molar-refractivity contribution in [2.75, 3.05) is 6.61 Å². The zero-order valence-corrected chi connectivity index (χ0v) is 15.5. The summed E-state index contributed by atoms with van der Waals surface area (Å²) >= 11 is 5.77. The number of amides is 1. The lowest BCUT2D eigenvalue weighted by Gasteiger charge is -2.04. The van der Waals surface area contributed by atoms with Crippen LogP contribution >= 0.6 is 11.6 Å². The molecule has 148 valence electrons. The summed E-state index contributed by atoms with van der Waals surface area (Å²) in [5, 5.41) is 25.0. The number of hydrogen-bond donors (Lipinski definition) is 2. The molecular weight excluding hydrogens is 402 g/mol. The zero-order valence-electron chi connectivity index (χ0n) is 14.7. The monoisotopic (exact) mass is 415 g/mol. The standard InChI is InChI=1S/C19H14ClN3O6/c20-12-1-4-14(5-2-12)28-11-19(25)22-21-10-15-6-8-18(29-15)16-7-3-13(23(26)27)9-17(16)24/h1-10,24H,11H2,(H,22,25)/b21-10-. The smallest absolute Gasteiger partial charge is 0.277 e. The maximum absolute atomic E-state index is 11.7. The highest BCUT2D eigenvalue weighted by atomic mass is 35.5. The van der Waals surface area contributed by atoms with Crippen molar-refractivity contribution < 1.29 is 24.0 Å². The van der Waals surface area contributed by atoms with Crippen molar-refractivity contribution in [2.24, 2.45) is 5.10 Å². The Labute approximate surface area is 169 Å². The summed E-state index contributed by atoms with van der Waals surface area (Å²) in [6.45, 7) is -0.237. The number of nitrogens with zero attached hydrogens (tertiary/aromatic N) is 2. The number of non-ortho nitro benzene ring substituents is 1. The number of nitro benzene ring substituents is 1. The van der Waals surface area contributed by atoms with Crippen LogP contribution in [0.25, 0.3) is 11.3 Å². The van der Waals surface area contributed by atoms with E-state index in [4.69, 9.17) is 20.8 Å². The lowest BCUT2D eigenvalue weighted by Crippen LogP contribution is -2.24. The molecule has 0 radical (unpaired) electrons. The molecule has 0 aliphatic rings. The van der Waals surface area contributed by atoms with Crippen LogP contribution in [0, 0.1) is 10.1 Å². The van der Waals surface area contributed by atoms with Crippen molar-refractivity contribution in [2.45, 2.75) is 0 Å². The molecule has 0 unspecified atom stereocenters. The van der Waals surface area contributed by atoms with Crippen LogP contribution in [0.2, 0.25) is 5.02 Å². The molecular formula is C19H14ClN3O6. The van der Waals surface area contributed by atoms with Crippen LogP contribution in [0.4, 0.5) is 5.69 Å². The molecule has 0 aliphatic heterocycles. The number of phenols is 1. The van der Waals surface area contributed by atoms with Crippen LogP contribution in [0.5, 0.6) is 11.5 Å². The van der Waals surface area contributed by atoms with Gasteiger partial charge >= 0.3 is 0 Å². The van der Waals surface area contributed by atoms with Gasteiger partial charge in [0.15, 0.2) is 6.61 Å². The molecule has 2 aromatic carbocycles. The van der Waals surface area contributed by atoms with Crippen molar-refractivity contribution in [3.8, 4) is 22.8 Å². The second kappa shape index (κ2) is 8.89. The van der Waals surface area contributed by atoms with E-state index in [1.165, 1.54) is 18.3 Å². The third-order valence-corrected chi connectivity index (χ3v) is 3.90. The average molecular weight is 416 g/mol. The molecule has 0 spiro atoms. The predicted octanol–water partition coefficient (Wildman–Crippen LogP) is 3.74. The predicted molar refractivity (Wildman–Crippen MR) is 105 cm³/mol. The molecule has 1 amide bonds. The lowest BCUT2D eigenvalue weighted by molar-refractivity contribution is -0.384. The summed E-state index contributed by atoms with van der Waals surface area (Å²) in [5.74, 6) is 0.320. The minimum Gasteiger partial charge on any atom is -0.507 e. The first-order chi connectivity index (χ1) is 13.9. The molecule has 10 heteroatoms. The van der Waals surface area contributed by atoms with Gasteiger partial charge < -0.3 is 14.3 Å². The summed E-state index contributed by atoms with van der Waals surface area (Å²) in [6, 6.07) is 13.4. The van der Waals surface area contributed by atoms with Crippen LogP contribution in [0.15, 0.2) is 64.1 Å². The van der Waals surface area contributed by atoms with Crippen molar-refractivity contribution in [1.29, 1.82) is 0 Å². The molecule has 0 bridgehead atoms. The number of carbonyl (C=O) groups is 1. The Morgan fingerprint density at radius 1 is 1.24 bits per heavy atom. The Kier molecular flexibility index (Phi) is 6.10. The molecule has 3 aromatic rings. The minimum absolute atomic E-state index is 0.233. The highest BCUT2D eigenvalue weighted by Crippen LogP contribution is 2.33. The molecule has 9 nitrogen and oxygen atoms in total. The van der Waals surface area contributed by atoms with E-state index in [1.54, 1.807) is 36.4 Å². The van der Waals surface area contributed by atoms with Gasteiger partial charge in [-0.3, -0.25) is 14.9 Å². The van der Waals surface area contributed by atoms with E-state index in [-0.39, 0.29) is 29.4 Å². The summed E-state index contributed by atoms with van der Waals surface area (Å²) in [6.07, 6.45) is 1.27. The van der Waals surface area contributed by atoms with Gasteiger partial charge in [-0.05, 0) is 42.5 Å². The first-order valence-electron chi connectivity index (χ1n) is 8.20. The van der Waals surface area contributed by atoms with Crippen LogP contribution in [0.3, 0.4) is 0 Å². The van der Waals surface area contributed by atoms with Gasteiger partial charge in [0.25, 0.3) is 11.6 Å². The summed E-state index contributed by atoms with van der Waals surface area (Å²) in [4.78, 5) is 21.9. The van der Waals surface area contributed by atoms with Gasteiger partial charge in [0, 0.05) is 11.1 Å².